The minimum absolute atomic E-state index is 0.0807. The summed E-state index contributed by atoms with van der Waals surface area (Å²) in [6, 6.07) is 3.32. The molecular weight excluding hydrogens is 256 g/mol. The van der Waals surface area contributed by atoms with Crippen molar-refractivity contribution in [2.45, 2.75) is 24.5 Å². The highest BCUT2D eigenvalue weighted by atomic mass is 35.5. The smallest absolute Gasteiger partial charge is 0.252 e. The van der Waals surface area contributed by atoms with Gasteiger partial charge in [0.05, 0.1) is 5.56 Å². The lowest BCUT2D eigenvalue weighted by Crippen LogP contribution is -2.36. The van der Waals surface area contributed by atoms with Gasteiger partial charge in [-0.25, -0.2) is 4.98 Å². The van der Waals surface area contributed by atoms with Crippen molar-refractivity contribution in [1.82, 2.24) is 10.3 Å². The van der Waals surface area contributed by atoms with Crippen molar-refractivity contribution in [2.24, 2.45) is 0 Å². The number of nitrogens with zero attached hydrogens (tertiary/aromatic N) is 1. The maximum absolute atomic E-state index is 11.9. The monoisotopic (exact) mass is 270 g/mol. The summed E-state index contributed by atoms with van der Waals surface area (Å²) >= 11 is 7.61. The fourth-order valence-electron chi connectivity index (χ4n) is 1.86. The molecule has 1 amide bonds. The maximum atomic E-state index is 11.9. The lowest BCUT2D eigenvalue weighted by Gasteiger charge is -2.22. The minimum atomic E-state index is -0.0807. The lowest BCUT2D eigenvalue weighted by atomic mass is 10.1. The predicted octanol–water partition coefficient (Wildman–Crippen LogP) is 2.75. The van der Waals surface area contributed by atoms with Crippen LogP contribution in [0.1, 0.15) is 30.1 Å². The van der Waals surface area contributed by atoms with Crippen LogP contribution in [0, 0.1) is 0 Å². The van der Waals surface area contributed by atoms with E-state index >= 15 is 0 Å². The van der Waals surface area contributed by atoms with E-state index in [1.807, 2.05) is 11.8 Å². The van der Waals surface area contributed by atoms with Crippen LogP contribution in [0.15, 0.2) is 18.3 Å². The summed E-state index contributed by atoms with van der Waals surface area (Å²) < 4.78 is 0.190. The highest BCUT2D eigenvalue weighted by Gasteiger charge is 2.29. The number of rotatable bonds is 3. The van der Waals surface area contributed by atoms with Crippen molar-refractivity contribution in [3.05, 3.63) is 29.0 Å². The highest BCUT2D eigenvalue weighted by Crippen LogP contribution is 2.36. The quantitative estimate of drug-likeness (QED) is 0.859. The molecule has 0 saturated carbocycles. The summed E-state index contributed by atoms with van der Waals surface area (Å²) in [4.78, 5) is 15.7. The average molecular weight is 271 g/mol. The second kappa shape index (κ2) is 5.27. The molecule has 1 atom stereocenters. The first-order chi connectivity index (χ1) is 8.09. The largest absolute Gasteiger partial charge is 0.351 e. The first-order valence-electron chi connectivity index (χ1n) is 5.63. The molecule has 3 nitrogen and oxygen atoms in total. The molecule has 1 saturated heterocycles. The Hall–Kier alpha value is -0.740. The molecule has 92 valence electrons. The first-order valence-corrected chi connectivity index (χ1v) is 6.99. The number of nitrogens with one attached hydrogen (secondary N) is 1. The normalized spacial score (nSPS) is 23.6. The topological polar surface area (TPSA) is 42.0 Å². The highest BCUT2D eigenvalue weighted by molar-refractivity contribution is 8.00. The van der Waals surface area contributed by atoms with E-state index in [9.17, 15) is 4.79 Å². The zero-order valence-electron chi connectivity index (χ0n) is 9.70. The fraction of sp³-hybridized carbons (Fsp3) is 0.500. The van der Waals surface area contributed by atoms with Gasteiger partial charge in [0.25, 0.3) is 5.91 Å². The van der Waals surface area contributed by atoms with E-state index in [0.29, 0.717) is 17.3 Å². The number of hydrogen-bond donors (Lipinski definition) is 1. The van der Waals surface area contributed by atoms with Gasteiger partial charge >= 0.3 is 0 Å². The third kappa shape index (κ3) is 3.36. The Balaban J connectivity index is 1.91. The molecule has 0 radical (unpaired) electrons. The number of carbonyl (C=O) groups excluding carboxylic acids is 1. The van der Waals surface area contributed by atoms with Gasteiger partial charge in [-0.05, 0) is 37.7 Å². The molecule has 1 aliphatic rings. The van der Waals surface area contributed by atoms with Crippen LogP contribution >= 0.6 is 23.4 Å². The minimum Gasteiger partial charge on any atom is -0.351 e. The van der Waals surface area contributed by atoms with Crippen LogP contribution in [0.5, 0.6) is 0 Å². The van der Waals surface area contributed by atoms with Crippen LogP contribution in [0.25, 0.3) is 0 Å². The molecule has 5 heteroatoms. The number of carbonyl (C=O) groups is 1. The molecule has 0 spiro atoms. The maximum Gasteiger partial charge on any atom is 0.252 e. The van der Waals surface area contributed by atoms with Crippen LogP contribution in [0.4, 0.5) is 0 Å². The third-order valence-electron chi connectivity index (χ3n) is 2.91. The Kier molecular flexibility index (Phi) is 3.94. The molecule has 1 fully saturated rings. The number of aromatic nitrogens is 1. The van der Waals surface area contributed by atoms with E-state index in [1.54, 1.807) is 12.1 Å². The standard InChI is InChI=1S/C12H15ClN2OS/c1-12(5-2-6-17-12)8-15-11(16)9-3-4-10(13)14-7-9/h3-4,7H,2,5-6,8H2,1H3,(H,15,16). The van der Waals surface area contributed by atoms with Gasteiger partial charge in [-0.2, -0.15) is 11.8 Å². The molecule has 0 aromatic carbocycles. The third-order valence-corrected chi connectivity index (χ3v) is 4.67. The number of pyridine rings is 1. The van der Waals surface area contributed by atoms with Crippen LogP contribution in [0.3, 0.4) is 0 Å². The first kappa shape index (κ1) is 12.7. The average Bonchev–Trinajstić information content (AvgIpc) is 2.75. The second-order valence-corrected chi connectivity index (χ2v) is 6.52. The molecule has 1 aliphatic heterocycles. The van der Waals surface area contributed by atoms with E-state index in [1.165, 1.54) is 18.4 Å². The molecule has 2 rings (SSSR count). The van der Waals surface area contributed by atoms with E-state index in [2.05, 4.69) is 17.2 Å². The SMILES string of the molecule is CC1(CNC(=O)c2ccc(Cl)nc2)CCCS1. The van der Waals surface area contributed by atoms with Gasteiger partial charge in [-0.3, -0.25) is 4.79 Å². The zero-order chi connectivity index (χ0) is 12.3. The zero-order valence-corrected chi connectivity index (χ0v) is 11.3. The van der Waals surface area contributed by atoms with E-state index in [-0.39, 0.29) is 10.7 Å². The van der Waals surface area contributed by atoms with Gasteiger partial charge in [-0.1, -0.05) is 11.6 Å². The van der Waals surface area contributed by atoms with E-state index in [4.69, 9.17) is 11.6 Å². The lowest BCUT2D eigenvalue weighted by molar-refractivity contribution is 0.0949. The number of thioether (sulfide) groups is 1. The molecule has 0 aliphatic carbocycles. The summed E-state index contributed by atoms with van der Waals surface area (Å²) in [5, 5.41) is 3.36. The Morgan fingerprint density at radius 1 is 1.65 bits per heavy atom. The Labute approximate surface area is 110 Å². The molecular formula is C12H15ClN2OS. The molecule has 17 heavy (non-hydrogen) atoms. The molecule has 0 bridgehead atoms. The van der Waals surface area contributed by atoms with Gasteiger partial charge in [0.1, 0.15) is 5.15 Å². The Morgan fingerprint density at radius 3 is 3.06 bits per heavy atom. The van der Waals surface area contributed by atoms with E-state index < -0.39 is 0 Å². The number of amides is 1. The second-order valence-electron chi connectivity index (χ2n) is 4.45. The summed E-state index contributed by atoms with van der Waals surface area (Å²) in [5.74, 6) is 1.11. The summed E-state index contributed by atoms with van der Waals surface area (Å²) in [6.07, 6.45) is 3.90. The predicted molar refractivity (Wildman–Crippen MR) is 71.7 cm³/mol. The van der Waals surface area contributed by atoms with Crippen molar-refractivity contribution in [2.75, 3.05) is 12.3 Å². The number of halogens is 1. The Morgan fingerprint density at radius 2 is 2.47 bits per heavy atom. The summed E-state index contributed by atoms with van der Waals surface area (Å²) in [5.41, 5.74) is 0.556. The van der Waals surface area contributed by atoms with Gasteiger partial charge in [0.2, 0.25) is 0 Å². The van der Waals surface area contributed by atoms with E-state index in [0.717, 1.165) is 6.42 Å². The molecule has 1 aromatic heterocycles. The van der Waals surface area contributed by atoms with Crippen molar-refractivity contribution < 1.29 is 4.79 Å². The summed E-state index contributed by atoms with van der Waals surface area (Å²) in [7, 11) is 0. The molecule has 2 heterocycles. The van der Waals surface area contributed by atoms with Gasteiger partial charge in [-0.15, -0.1) is 0 Å². The van der Waals surface area contributed by atoms with Crippen LogP contribution < -0.4 is 5.32 Å². The van der Waals surface area contributed by atoms with Crippen molar-refractivity contribution in [3.63, 3.8) is 0 Å². The number of hydrogen-bond acceptors (Lipinski definition) is 3. The Bertz CT molecular complexity index is 401. The van der Waals surface area contributed by atoms with Crippen LogP contribution in [0.2, 0.25) is 5.15 Å². The van der Waals surface area contributed by atoms with Crippen molar-refractivity contribution >= 4 is 29.3 Å². The summed E-state index contributed by atoms with van der Waals surface area (Å²) in [6.45, 7) is 2.91. The van der Waals surface area contributed by atoms with Crippen molar-refractivity contribution in [1.29, 1.82) is 0 Å². The van der Waals surface area contributed by atoms with Gasteiger partial charge < -0.3 is 5.32 Å². The van der Waals surface area contributed by atoms with Crippen LogP contribution in [-0.4, -0.2) is 27.9 Å². The molecule has 1 unspecified atom stereocenters. The molecule has 1 aromatic rings. The molecule has 1 N–H and O–H groups in total. The van der Waals surface area contributed by atoms with Gasteiger partial charge in [0, 0.05) is 17.5 Å². The van der Waals surface area contributed by atoms with Crippen LogP contribution in [-0.2, 0) is 0 Å². The van der Waals surface area contributed by atoms with Crippen molar-refractivity contribution in [3.8, 4) is 0 Å². The fourth-order valence-corrected chi connectivity index (χ4v) is 3.21. The van der Waals surface area contributed by atoms with Gasteiger partial charge in [0.15, 0.2) is 0 Å².